The normalized spacial score (nSPS) is 12.8. The van der Waals surface area contributed by atoms with Crippen LogP contribution < -0.4 is 16.0 Å². The lowest BCUT2D eigenvalue weighted by Gasteiger charge is -2.25. The van der Waals surface area contributed by atoms with Gasteiger partial charge in [-0.1, -0.05) is 56.2 Å². The van der Waals surface area contributed by atoms with E-state index in [-0.39, 0.29) is 18.9 Å². The standard InChI is InChI=1S/C32H41F2N3O2/c1-4-6-10-35-20-26-11-22(3)12-27(14-26)32(39)37-30(17-25-15-28(33)18-29(34)16-25)31(38)21-36-19-24-9-7-8-23(5-2)13-24/h7-9,11-16,18,30-31,35-36,38H,4-6,10,17,19-21H2,1-3H3,(H,37,39)/t30-,31+/m0/s1. The number of rotatable bonds is 15. The molecule has 0 heterocycles. The topological polar surface area (TPSA) is 73.4 Å². The number of hydrogen-bond acceptors (Lipinski definition) is 4. The summed E-state index contributed by atoms with van der Waals surface area (Å²) in [7, 11) is 0. The molecule has 0 aliphatic heterocycles. The molecule has 7 heteroatoms. The molecule has 210 valence electrons. The van der Waals surface area contributed by atoms with E-state index in [0.29, 0.717) is 24.2 Å². The summed E-state index contributed by atoms with van der Waals surface area (Å²) in [5.74, 6) is -1.74. The fraction of sp³-hybridized carbons (Fsp3) is 0.406. The number of hydrogen-bond donors (Lipinski definition) is 4. The maximum atomic E-state index is 13.9. The van der Waals surface area contributed by atoms with Gasteiger partial charge in [0, 0.05) is 31.3 Å². The van der Waals surface area contributed by atoms with Crippen LogP contribution in [0.4, 0.5) is 8.78 Å². The molecular formula is C32H41F2N3O2. The van der Waals surface area contributed by atoms with E-state index in [1.54, 1.807) is 6.07 Å². The summed E-state index contributed by atoms with van der Waals surface area (Å²) >= 11 is 0. The zero-order chi connectivity index (χ0) is 28.2. The number of amides is 1. The predicted octanol–water partition coefficient (Wildman–Crippen LogP) is 5.22. The number of unbranched alkanes of at least 4 members (excludes halogenated alkanes) is 1. The van der Waals surface area contributed by atoms with E-state index in [2.05, 4.69) is 41.9 Å². The fourth-order valence-corrected chi connectivity index (χ4v) is 4.61. The lowest BCUT2D eigenvalue weighted by Crippen LogP contribution is -2.48. The van der Waals surface area contributed by atoms with Gasteiger partial charge in [0.2, 0.25) is 0 Å². The molecule has 0 radical (unpaired) electrons. The highest BCUT2D eigenvalue weighted by atomic mass is 19.1. The summed E-state index contributed by atoms with van der Waals surface area (Å²) < 4.78 is 27.8. The average Bonchev–Trinajstić information content (AvgIpc) is 2.90. The molecule has 0 saturated carbocycles. The summed E-state index contributed by atoms with van der Waals surface area (Å²) in [4.78, 5) is 13.3. The molecule has 0 aromatic heterocycles. The van der Waals surface area contributed by atoms with E-state index >= 15 is 0 Å². The second kappa shape index (κ2) is 15.5. The number of benzene rings is 3. The van der Waals surface area contributed by atoms with E-state index in [1.165, 1.54) is 17.7 Å². The van der Waals surface area contributed by atoms with Gasteiger partial charge in [0.1, 0.15) is 11.6 Å². The van der Waals surface area contributed by atoms with Gasteiger partial charge in [-0.05, 0) is 79.3 Å². The lowest BCUT2D eigenvalue weighted by molar-refractivity contribution is 0.0829. The van der Waals surface area contributed by atoms with Gasteiger partial charge in [-0.3, -0.25) is 4.79 Å². The van der Waals surface area contributed by atoms with Gasteiger partial charge >= 0.3 is 0 Å². The predicted molar refractivity (Wildman–Crippen MR) is 153 cm³/mol. The Bertz CT molecular complexity index is 1200. The van der Waals surface area contributed by atoms with E-state index < -0.39 is 23.8 Å². The molecule has 0 spiro atoms. The summed E-state index contributed by atoms with van der Waals surface area (Å²) in [6, 6.07) is 16.4. The summed E-state index contributed by atoms with van der Waals surface area (Å²) in [5.41, 5.74) is 5.11. The first-order valence-electron chi connectivity index (χ1n) is 13.8. The van der Waals surface area contributed by atoms with Gasteiger partial charge in [0.25, 0.3) is 5.91 Å². The molecule has 0 saturated heterocycles. The third kappa shape index (κ3) is 10.2. The highest BCUT2D eigenvalue weighted by Crippen LogP contribution is 2.15. The Morgan fingerprint density at radius 2 is 1.59 bits per heavy atom. The number of carbonyl (C=O) groups is 1. The molecule has 3 aromatic carbocycles. The first kappa shape index (κ1) is 30.4. The molecule has 1 amide bonds. The Hall–Kier alpha value is -3.13. The van der Waals surface area contributed by atoms with Crippen molar-refractivity contribution in [1.29, 1.82) is 0 Å². The van der Waals surface area contributed by atoms with Gasteiger partial charge in [-0.15, -0.1) is 0 Å². The van der Waals surface area contributed by atoms with Crippen molar-refractivity contribution >= 4 is 5.91 Å². The molecule has 39 heavy (non-hydrogen) atoms. The number of aliphatic hydroxyl groups is 1. The first-order chi connectivity index (χ1) is 18.8. The third-order valence-electron chi connectivity index (χ3n) is 6.68. The van der Waals surface area contributed by atoms with Gasteiger partial charge in [-0.25, -0.2) is 8.78 Å². The van der Waals surface area contributed by atoms with Crippen molar-refractivity contribution in [2.75, 3.05) is 13.1 Å². The zero-order valence-electron chi connectivity index (χ0n) is 23.2. The van der Waals surface area contributed by atoms with Crippen LogP contribution in [0.1, 0.15) is 64.9 Å². The van der Waals surface area contributed by atoms with Crippen molar-refractivity contribution < 1.29 is 18.7 Å². The lowest BCUT2D eigenvalue weighted by atomic mass is 9.99. The quantitative estimate of drug-likeness (QED) is 0.201. The van der Waals surface area contributed by atoms with Crippen LogP contribution in [0.15, 0.2) is 60.7 Å². The Kier molecular flexibility index (Phi) is 12.1. The summed E-state index contributed by atoms with van der Waals surface area (Å²) in [5, 5.41) is 20.6. The van der Waals surface area contributed by atoms with Crippen molar-refractivity contribution in [1.82, 2.24) is 16.0 Å². The summed E-state index contributed by atoms with van der Waals surface area (Å²) in [6.07, 6.45) is 2.20. The van der Waals surface area contributed by atoms with E-state index in [9.17, 15) is 18.7 Å². The third-order valence-corrected chi connectivity index (χ3v) is 6.68. The van der Waals surface area contributed by atoms with Crippen LogP contribution >= 0.6 is 0 Å². The van der Waals surface area contributed by atoms with Crippen LogP contribution in [-0.2, 0) is 25.9 Å². The minimum absolute atomic E-state index is 0.0752. The Morgan fingerprint density at radius 3 is 2.31 bits per heavy atom. The van der Waals surface area contributed by atoms with E-state index in [1.807, 2.05) is 31.2 Å². The molecule has 0 fully saturated rings. The molecule has 4 N–H and O–H groups in total. The number of aryl methyl sites for hydroxylation is 2. The van der Waals surface area contributed by atoms with Crippen LogP contribution in [0.25, 0.3) is 0 Å². The monoisotopic (exact) mass is 537 g/mol. The zero-order valence-corrected chi connectivity index (χ0v) is 23.2. The van der Waals surface area contributed by atoms with Crippen LogP contribution in [0.5, 0.6) is 0 Å². The first-order valence-corrected chi connectivity index (χ1v) is 13.8. The van der Waals surface area contributed by atoms with Crippen molar-refractivity contribution in [3.63, 3.8) is 0 Å². The maximum Gasteiger partial charge on any atom is 0.251 e. The van der Waals surface area contributed by atoms with E-state index in [0.717, 1.165) is 48.6 Å². The Morgan fingerprint density at radius 1 is 0.872 bits per heavy atom. The van der Waals surface area contributed by atoms with Crippen LogP contribution in [0.3, 0.4) is 0 Å². The number of carbonyl (C=O) groups excluding carboxylic acids is 1. The number of nitrogens with one attached hydrogen (secondary N) is 3. The molecule has 3 aromatic rings. The van der Waals surface area contributed by atoms with Crippen molar-refractivity contribution in [2.24, 2.45) is 0 Å². The van der Waals surface area contributed by atoms with Crippen molar-refractivity contribution in [3.8, 4) is 0 Å². The fourth-order valence-electron chi connectivity index (χ4n) is 4.61. The molecule has 0 aliphatic rings. The minimum atomic E-state index is -0.991. The highest BCUT2D eigenvalue weighted by Gasteiger charge is 2.23. The molecule has 2 atom stereocenters. The molecule has 0 aliphatic carbocycles. The van der Waals surface area contributed by atoms with Gasteiger partial charge in [0.05, 0.1) is 12.1 Å². The molecule has 0 unspecified atom stereocenters. The van der Waals surface area contributed by atoms with Gasteiger partial charge in [0.15, 0.2) is 0 Å². The molecule has 5 nitrogen and oxygen atoms in total. The van der Waals surface area contributed by atoms with Crippen LogP contribution in [0.2, 0.25) is 0 Å². The SMILES string of the molecule is CCCCNCc1cc(C)cc(C(=O)N[C@@H](Cc2cc(F)cc(F)c2)[C@H](O)CNCc2cccc(CC)c2)c1. The Labute approximate surface area is 231 Å². The highest BCUT2D eigenvalue weighted by molar-refractivity contribution is 5.94. The number of halogens is 2. The molecular weight excluding hydrogens is 496 g/mol. The van der Waals surface area contributed by atoms with Crippen molar-refractivity contribution in [2.45, 2.75) is 71.7 Å². The van der Waals surface area contributed by atoms with Gasteiger partial charge < -0.3 is 21.1 Å². The maximum absolute atomic E-state index is 13.9. The van der Waals surface area contributed by atoms with Gasteiger partial charge in [-0.2, -0.15) is 0 Å². The molecule has 0 bridgehead atoms. The summed E-state index contributed by atoms with van der Waals surface area (Å²) in [6.45, 7) is 8.47. The average molecular weight is 538 g/mol. The van der Waals surface area contributed by atoms with Crippen molar-refractivity contribution in [3.05, 3.63) is 106 Å². The second-order valence-electron chi connectivity index (χ2n) is 10.2. The number of aliphatic hydroxyl groups excluding tert-OH is 1. The Balaban J connectivity index is 1.72. The van der Waals surface area contributed by atoms with E-state index in [4.69, 9.17) is 0 Å². The van der Waals surface area contributed by atoms with Crippen LogP contribution in [-0.4, -0.2) is 36.2 Å². The van der Waals surface area contributed by atoms with Crippen LogP contribution in [0, 0.1) is 18.6 Å². The minimum Gasteiger partial charge on any atom is -0.390 e. The second-order valence-corrected chi connectivity index (χ2v) is 10.2. The smallest absolute Gasteiger partial charge is 0.251 e. The largest absolute Gasteiger partial charge is 0.390 e. The molecule has 3 rings (SSSR count).